The fourth-order valence-corrected chi connectivity index (χ4v) is 4.24. The molecule has 0 spiro atoms. The summed E-state index contributed by atoms with van der Waals surface area (Å²) in [5, 5.41) is 3.20. The maximum absolute atomic E-state index is 13.7. The molecule has 1 unspecified atom stereocenters. The standard InChI is InChI=1S/C22H19ClF5N5O2/c23-14-2-3-15-13(1-4-17(34)32-15)18(14)19(35)29-11-16(33-7-5-21(24,25)6-8-33)12-9-30-20(31-10-12)22(26,27)28/h1-4,9-10,16H,5-8,11H2,(H,29,35)(H,32,34). The van der Waals surface area contributed by atoms with Gasteiger partial charge in [-0.05, 0) is 18.2 Å². The number of rotatable bonds is 5. The Morgan fingerprint density at radius 2 is 1.80 bits per heavy atom. The molecule has 0 aliphatic carbocycles. The zero-order chi connectivity index (χ0) is 25.4. The molecule has 1 aliphatic rings. The van der Waals surface area contributed by atoms with Crippen LogP contribution in [0.5, 0.6) is 0 Å². The number of hydrogen-bond donors (Lipinski definition) is 2. The van der Waals surface area contributed by atoms with Crippen LogP contribution in [0.2, 0.25) is 5.02 Å². The lowest BCUT2D eigenvalue weighted by Crippen LogP contribution is -2.45. The largest absolute Gasteiger partial charge is 0.451 e. The van der Waals surface area contributed by atoms with Crippen LogP contribution in [-0.4, -0.2) is 51.3 Å². The minimum Gasteiger partial charge on any atom is -0.350 e. The average molecular weight is 516 g/mol. The molecule has 1 fully saturated rings. The Labute approximate surface area is 200 Å². The van der Waals surface area contributed by atoms with Gasteiger partial charge in [-0.2, -0.15) is 13.2 Å². The van der Waals surface area contributed by atoms with Crippen molar-refractivity contribution in [2.75, 3.05) is 19.6 Å². The number of nitrogens with one attached hydrogen (secondary N) is 2. The summed E-state index contributed by atoms with van der Waals surface area (Å²) in [6, 6.07) is 4.93. The van der Waals surface area contributed by atoms with E-state index >= 15 is 0 Å². The zero-order valence-electron chi connectivity index (χ0n) is 18.0. The van der Waals surface area contributed by atoms with Gasteiger partial charge in [-0.3, -0.25) is 14.5 Å². The molecule has 1 atom stereocenters. The lowest BCUT2D eigenvalue weighted by Gasteiger charge is -2.37. The molecule has 13 heteroatoms. The van der Waals surface area contributed by atoms with E-state index in [0.717, 1.165) is 12.4 Å². The Morgan fingerprint density at radius 3 is 2.43 bits per heavy atom. The number of nitrogens with zero attached hydrogens (tertiary/aromatic N) is 3. The predicted octanol–water partition coefficient (Wildman–Crippen LogP) is 4.19. The first-order chi connectivity index (χ1) is 16.4. The topological polar surface area (TPSA) is 91.0 Å². The first-order valence-corrected chi connectivity index (χ1v) is 10.9. The van der Waals surface area contributed by atoms with Crippen molar-refractivity contribution in [1.82, 2.24) is 25.2 Å². The Kier molecular flexibility index (Phi) is 6.78. The molecule has 0 radical (unpaired) electrons. The highest BCUT2D eigenvalue weighted by Gasteiger charge is 2.38. The van der Waals surface area contributed by atoms with Crippen LogP contribution in [0.4, 0.5) is 22.0 Å². The smallest absolute Gasteiger partial charge is 0.350 e. The second-order valence-electron chi connectivity index (χ2n) is 8.16. The van der Waals surface area contributed by atoms with E-state index in [9.17, 15) is 31.5 Å². The maximum atomic E-state index is 13.7. The summed E-state index contributed by atoms with van der Waals surface area (Å²) in [7, 11) is 0. The van der Waals surface area contributed by atoms with Crippen molar-refractivity contribution in [2.45, 2.75) is 31.0 Å². The monoisotopic (exact) mass is 515 g/mol. The highest BCUT2D eigenvalue weighted by Crippen LogP contribution is 2.33. The molecule has 0 saturated carbocycles. The van der Waals surface area contributed by atoms with Gasteiger partial charge in [-0.15, -0.1) is 0 Å². The number of fused-ring (bicyclic) bond motifs is 1. The van der Waals surface area contributed by atoms with Crippen LogP contribution in [0.15, 0.2) is 41.5 Å². The van der Waals surface area contributed by atoms with E-state index in [1.54, 1.807) is 11.0 Å². The van der Waals surface area contributed by atoms with Crippen LogP contribution in [0.25, 0.3) is 10.9 Å². The van der Waals surface area contributed by atoms with Gasteiger partial charge in [0.05, 0.1) is 16.6 Å². The second-order valence-corrected chi connectivity index (χ2v) is 8.57. The minimum absolute atomic E-state index is 0.0369. The number of carbonyl (C=O) groups is 1. The van der Waals surface area contributed by atoms with Crippen molar-refractivity contribution in [3.63, 3.8) is 0 Å². The fraction of sp³-hybridized carbons (Fsp3) is 0.364. The lowest BCUT2D eigenvalue weighted by molar-refractivity contribution is -0.145. The Balaban J connectivity index is 1.60. The van der Waals surface area contributed by atoms with Crippen LogP contribution in [0, 0.1) is 0 Å². The van der Waals surface area contributed by atoms with E-state index in [0.29, 0.717) is 10.9 Å². The number of aromatic nitrogens is 3. The number of piperidine rings is 1. The van der Waals surface area contributed by atoms with Gasteiger partial charge in [0.15, 0.2) is 0 Å². The number of halogens is 6. The van der Waals surface area contributed by atoms with E-state index in [1.165, 1.54) is 18.2 Å². The number of H-pyrrole nitrogens is 1. The average Bonchev–Trinajstić information content (AvgIpc) is 2.79. The van der Waals surface area contributed by atoms with Gasteiger partial charge in [0.25, 0.3) is 11.8 Å². The first kappa shape index (κ1) is 25.0. The lowest BCUT2D eigenvalue weighted by atomic mass is 10.0. The predicted molar refractivity (Wildman–Crippen MR) is 117 cm³/mol. The molecule has 1 aliphatic heterocycles. The summed E-state index contributed by atoms with van der Waals surface area (Å²) in [4.78, 5) is 35.6. The van der Waals surface area contributed by atoms with Crippen LogP contribution >= 0.6 is 11.6 Å². The van der Waals surface area contributed by atoms with Gasteiger partial charge in [-0.25, -0.2) is 18.7 Å². The number of amides is 1. The molecule has 2 N–H and O–H groups in total. The van der Waals surface area contributed by atoms with Crippen LogP contribution in [-0.2, 0) is 6.18 Å². The summed E-state index contributed by atoms with van der Waals surface area (Å²) in [5.74, 6) is -4.77. The van der Waals surface area contributed by atoms with Gasteiger partial charge in [0.1, 0.15) is 0 Å². The quantitative estimate of drug-likeness (QED) is 0.497. The molecule has 0 bridgehead atoms. The number of carbonyl (C=O) groups excluding carboxylic acids is 1. The third-order valence-corrected chi connectivity index (χ3v) is 6.13. The number of alkyl halides is 5. The molecule has 1 amide bonds. The number of aromatic amines is 1. The summed E-state index contributed by atoms with van der Waals surface area (Å²) in [6.45, 7) is -0.204. The van der Waals surface area contributed by atoms with E-state index in [2.05, 4.69) is 20.3 Å². The Bertz CT molecular complexity index is 1290. The minimum atomic E-state index is -4.73. The maximum Gasteiger partial charge on any atom is 0.451 e. The highest BCUT2D eigenvalue weighted by molar-refractivity contribution is 6.35. The summed E-state index contributed by atoms with van der Waals surface area (Å²) in [6.07, 6.45) is -3.63. The molecule has 1 saturated heterocycles. The molecule has 2 aromatic heterocycles. The van der Waals surface area contributed by atoms with Crippen molar-refractivity contribution in [2.24, 2.45) is 0 Å². The molecule has 186 valence electrons. The normalized spacial score (nSPS) is 17.3. The van der Waals surface area contributed by atoms with E-state index < -0.39 is 42.7 Å². The molecule has 35 heavy (non-hydrogen) atoms. The summed E-state index contributed by atoms with van der Waals surface area (Å²) >= 11 is 6.24. The van der Waals surface area contributed by atoms with Crippen molar-refractivity contribution in [3.8, 4) is 0 Å². The van der Waals surface area contributed by atoms with Gasteiger partial charge in [0, 0.05) is 67.4 Å². The number of likely N-dealkylation sites (tertiary alicyclic amines) is 1. The number of pyridine rings is 1. The molecule has 4 rings (SSSR count). The van der Waals surface area contributed by atoms with Gasteiger partial charge in [-0.1, -0.05) is 11.6 Å². The van der Waals surface area contributed by atoms with E-state index in [4.69, 9.17) is 11.6 Å². The van der Waals surface area contributed by atoms with Crippen molar-refractivity contribution < 1.29 is 26.7 Å². The Morgan fingerprint density at radius 1 is 1.14 bits per heavy atom. The van der Waals surface area contributed by atoms with E-state index in [-0.39, 0.29) is 41.3 Å². The van der Waals surface area contributed by atoms with Gasteiger partial charge in [0.2, 0.25) is 11.4 Å². The van der Waals surface area contributed by atoms with Crippen LogP contribution in [0.3, 0.4) is 0 Å². The fourth-order valence-electron chi connectivity index (χ4n) is 3.99. The van der Waals surface area contributed by atoms with Crippen molar-refractivity contribution in [3.05, 3.63) is 69.0 Å². The van der Waals surface area contributed by atoms with Gasteiger partial charge >= 0.3 is 6.18 Å². The second kappa shape index (κ2) is 9.50. The van der Waals surface area contributed by atoms with Gasteiger partial charge < -0.3 is 10.3 Å². The summed E-state index contributed by atoms with van der Waals surface area (Å²) < 4.78 is 66.0. The molecule has 3 aromatic rings. The molecule has 1 aromatic carbocycles. The van der Waals surface area contributed by atoms with Crippen LogP contribution < -0.4 is 10.9 Å². The third-order valence-electron chi connectivity index (χ3n) is 5.82. The zero-order valence-corrected chi connectivity index (χ0v) is 18.8. The number of benzene rings is 1. The number of hydrogen-bond acceptors (Lipinski definition) is 5. The van der Waals surface area contributed by atoms with E-state index in [1.807, 2.05) is 0 Å². The molecule has 3 heterocycles. The molecular formula is C22H19ClF5N5O2. The highest BCUT2D eigenvalue weighted by atomic mass is 35.5. The first-order valence-electron chi connectivity index (χ1n) is 10.6. The van der Waals surface area contributed by atoms with Crippen LogP contribution in [0.1, 0.15) is 40.6 Å². The van der Waals surface area contributed by atoms with Crippen molar-refractivity contribution >= 4 is 28.4 Å². The SMILES string of the molecule is O=C(NCC(c1cnc(C(F)(F)F)nc1)N1CCC(F)(F)CC1)c1c(Cl)ccc2[nH]c(=O)ccc12. The van der Waals surface area contributed by atoms with Crippen molar-refractivity contribution in [1.29, 1.82) is 0 Å². The summed E-state index contributed by atoms with van der Waals surface area (Å²) in [5.41, 5.74) is 0.346. The molecule has 7 nitrogen and oxygen atoms in total. The Hall–Kier alpha value is -3.12. The third kappa shape index (κ3) is 5.59. The molecular weight excluding hydrogens is 497 g/mol.